The van der Waals surface area contributed by atoms with Gasteiger partial charge in [0, 0.05) is 4.47 Å². The molecular formula is C12H9BrN2O2. The summed E-state index contributed by atoms with van der Waals surface area (Å²) in [4.78, 5) is 11.4. The summed E-state index contributed by atoms with van der Waals surface area (Å²) in [5, 5.41) is 3.83. The molecule has 1 N–H and O–H groups in total. The maximum Gasteiger partial charge on any atom is 0.307 e. The van der Waals surface area contributed by atoms with Crippen molar-refractivity contribution in [2.75, 3.05) is 0 Å². The van der Waals surface area contributed by atoms with Gasteiger partial charge >= 0.3 is 5.91 Å². The largest absolute Gasteiger partial charge is 0.459 e. The first-order valence-electron chi connectivity index (χ1n) is 4.88. The molecule has 1 aromatic heterocycles. The molecule has 0 radical (unpaired) electrons. The van der Waals surface area contributed by atoms with E-state index in [2.05, 4.69) is 26.5 Å². The van der Waals surface area contributed by atoms with E-state index in [0.717, 1.165) is 10.0 Å². The van der Waals surface area contributed by atoms with Crippen molar-refractivity contribution in [2.24, 2.45) is 5.10 Å². The van der Waals surface area contributed by atoms with Crippen LogP contribution in [-0.4, -0.2) is 12.1 Å². The van der Waals surface area contributed by atoms with Gasteiger partial charge in [0.15, 0.2) is 5.76 Å². The lowest BCUT2D eigenvalue weighted by atomic mass is 10.2. The fraction of sp³-hybridized carbons (Fsp3) is 0. The van der Waals surface area contributed by atoms with Gasteiger partial charge in [-0.3, -0.25) is 4.79 Å². The van der Waals surface area contributed by atoms with Crippen LogP contribution in [0.1, 0.15) is 16.1 Å². The van der Waals surface area contributed by atoms with Gasteiger partial charge in [0.1, 0.15) is 0 Å². The number of carbonyl (C=O) groups is 1. The normalized spacial score (nSPS) is 10.6. The number of hydrogen-bond acceptors (Lipinski definition) is 3. The number of carbonyl (C=O) groups excluding carboxylic acids is 1. The Kier molecular flexibility index (Phi) is 3.72. The topological polar surface area (TPSA) is 54.6 Å². The molecule has 0 aliphatic rings. The summed E-state index contributed by atoms with van der Waals surface area (Å²) in [7, 11) is 0. The molecule has 2 rings (SSSR count). The van der Waals surface area contributed by atoms with Crippen LogP contribution in [0.3, 0.4) is 0 Å². The average Bonchev–Trinajstić information content (AvgIpc) is 2.82. The van der Waals surface area contributed by atoms with Crippen molar-refractivity contribution in [3.05, 3.63) is 58.5 Å². The minimum absolute atomic E-state index is 0.233. The molecule has 0 atom stereocenters. The molecule has 4 nitrogen and oxygen atoms in total. The van der Waals surface area contributed by atoms with E-state index in [4.69, 9.17) is 4.42 Å². The van der Waals surface area contributed by atoms with Crippen LogP contribution in [0.15, 0.2) is 56.7 Å². The third-order valence-electron chi connectivity index (χ3n) is 1.97. The number of amides is 1. The molecule has 1 amide bonds. The third-order valence-corrected chi connectivity index (χ3v) is 2.47. The van der Waals surface area contributed by atoms with E-state index >= 15 is 0 Å². The summed E-state index contributed by atoms with van der Waals surface area (Å²) in [6.45, 7) is 0. The van der Waals surface area contributed by atoms with Gasteiger partial charge in [0.05, 0.1) is 12.5 Å². The summed E-state index contributed by atoms with van der Waals surface area (Å²) in [6.07, 6.45) is 3.00. The van der Waals surface area contributed by atoms with Crippen molar-refractivity contribution in [3.63, 3.8) is 0 Å². The highest BCUT2D eigenvalue weighted by Gasteiger charge is 2.05. The van der Waals surface area contributed by atoms with Crippen LogP contribution in [-0.2, 0) is 0 Å². The molecule has 86 valence electrons. The van der Waals surface area contributed by atoms with Crippen LogP contribution >= 0.6 is 15.9 Å². The number of halogens is 1. The molecule has 0 bridgehead atoms. The highest BCUT2D eigenvalue weighted by molar-refractivity contribution is 9.10. The molecule has 1 heterocycles. The van der Waals surface area contributed by atoms with Gasteiger partial charge in [-0.2, -0.15) is 5.10 Å². The Morgan fingerprint density at radius 1 is 1.35 bits per heavy atom. The Morgan fingerprint density at radius 2 is 2.24 bits per heavy atom. The van der Waals surface area contributed by atoms with E-state index in [9.17, 15) is 4.79 Å². The van der Waals surface area contributed by atoms with Crippen molar-refractivity contribution in [2.45, 2.75) is 0 Å². The SMILES string of the molecule is O=C(NN=Cc1cccc(Br)c1)c1ccco1. The molecule has 0 aliphatic carbocycles. The van der Waals surface area contributed by atoms with Crippen LogP contribution in [0, 0.1) is 0 Å². The predicted molar refractivity (Wildman–Crippen MR) is 67.9 cm³/mol. The molecule has 0 saturated heterocycles. The number of nitrogens with one attached hydrogen (secondary N) is 1. The predicted octanol–water partition coefficient (Wildman–Crippen LogP) is 2.81. The summed E-state index contributed by atoms with van der Waals surface area (Å²) in [5.41, 5.74) is 3.26. The highest BCUT2D eigenvalue weighted by Crippen LogP contribution is 2.09. The zero-order valence-corrected chi connectivity index (χ0v) is 10.3. The lowest BCUT2D eigenvalue weighted by Gasteiger charge is -1.96. The molecule has 0 fully saturated rings. The van der Waals surface area contributed by atoms with Crippen LogP contribution in [0.5, 0.6) is 0 Å². The van der Waals surface area contributed by atoms with E-state index in [0.29, 0.717) is 0 Å². The van der Waals surface area contributed by atoms with Gasteiger partial charge in [-0.05, 0) is 29.8 Å². The summed E-state index contributed by atoms with van der Waals surface area (Å²) in [5.74, 6) is -0.141. The van der Waals surface area contributed by atoms with Crippen LogP contribution in [0.25, 0.3) is 0 Å². The lowest BCUT2D eigenvalue weighted by Crippen LogP contribution is -2.16. The molecule has 0 unspecified atom stereocenters. The number of hydrogen-bond donors (Lipinski definition) is 1. The third kappa shape index (κ3) is 3.29. The van der Waals surface area contributed by atoms with E-state index in [1.807, 2.05) is 24.3 Å². The number of hydrazone groups is 1. The summed E-state index contributed by atoms with van der Waals surface area (Å²) >= 11 is 3.35. The van der Waals surface area contributed by atoms with E-state index in [-0.39, 0.29) is 11.7 Å². The average molecular weight is 293 g/mol. The van der Waals surface area contributed by atoms with E-state index in [1.165, 1.54) is 6.26 Å². The molecule has 1 aromatic carbocycles. The Hall–Kier alpha value is -1.88. The molecule has 0 aliphatic heterocycles. The molecule has 0 spiro atoms. The molecule has 0 saturated carbocycles. The van der Waals surface area contributed by atoms with Gasteiger partial charge in [-0.1, -0.05) is 28.1 Å². The fourth-order valence-electron chi connectivity index (χ4n) is 1.22. The standard InChI is InChI=1S/C12H9BrN2O2/c13-10-4-1-3-9(7-10)8-14-15-12(16)11-5-2-6-17-11/h1-8H,(H,15,16). The summed E-state index contributed by atoms with van der Waals surface area (Å²) < 4.78 is 5.88. The fourth-order valence-corrected chi connectivity index (χ4v) is 1.63. The number of nitrogens with zero attached hydrogens (tertiary/aromatic N) is 1. The number of benzene rings is 1. The second-order valence-electron chi connectivity index (χ2n) is 3.23. The summed E-state index contributed by atoms with van der Waals surface area (Å²) in [6, 6.07) is 10.8. The van der Waals surface area contributed by atoms with Gasteiger partial charge in [-0.15, -0.1) is 0 Å². The minimum Gasteiger partial charge on any atom is -0.459 e. The van der Waals surface area contributed by atoms with Gasteiger partial charge in [-0.25, -0.2) is 5.43 Å². The van der Waals surface area contributed by atoms with Gasteiger partial charge in [0.25, 0.3) is 0 Å². The minimum atomic E-state index is -0.374. The number of rotatable bonds is 3. The Balaban J connectivity index is 1.96. The molecule has 17 heavy (non-hydrogen) atoms. The first-order valence-corrected chi connectivity index (χ1v) is 5.67. The van der Waals surface area contributed by atoms with Crippen LogP contribution in [0.4, 0.5) is 0 Å². The first-order chi connectivity index (χ1) is 8.25. The molecule has 5 heteroatoms. The molecular weight excluding hydrogens is 284 g/mol. The van der Waals surface area contributed by atoms with Gasteiger partial charge < -0.3 is 4.42 Å². The monoisotopic (exact) mass is 292 g/mol. The highest BCUT2D eigenvalue weighted by atomic mass is 79.9. The van der Waals surface area contributed by atoms with Crippen LogP contribution < -0.4 is 5.43 Å². The van der Waals surface area contributed by atoms with E-state index in [1.54, 1.807) is 18.3 Å². The zero-order valence-electron chi connectivity index (χ0n) is 8.76. The maximum atomic E-state index is 11.4. The van der Waals surface area contributed by atoms with E-state index < -0.39 is 0 Å². The second kappa shape index (κ2) is 5.45. The number of furan rings is 1. The van der Waals surface area contributed by atoms with Crippen molar-refractivity contribution in [1.82, 2.24) is 5.43 Å². The maximum absolute atomic E-state index is 11.4. The lowest BCUT2D eigenvalue weighted by molar-refractivity contribution is 0.0927. The Bertz CT molecular complexity index is 535. The van der Waals surface area contributed by atoms with Crippen molar-refractivity contribution >= 4 is 28.1 Å². The Morgan fingerprint density at radius 3 is 2.94 bits per heavy atom. The van der Waals surface area contributed by atoms with Crippen molar-refractivity contribution < 1.29 is 9.21 Å². The van der Waals surface area contributed by atoms with Crippen LogP contribution in [0.2, 0.25) is 0 Å². The Labute approximate surface area is 106 Å². The van der Waals surface area contributed by atoms with Crippen molar-refractivity contribution in [1.29, 1.82) is 0 Å². The molecule has 2 aromatic rings. The smallest absolute Gasteiger partial charge is 0.307 e. The second-order valence-corrected chi connectivity index (χ2v) is 4.15. The zero-order chi connectivity index (χ0) is 12.1. The quantitative estimate of drug-likeness (QED) is 0.699. The first kappa shape index (κ1) is 11.6. The van der Waals surface area contributed by atoms with Crippen molar-refractivity contribution in [3.8, 4) is 0 Å². The van der Waals surface area contributed by atoms with Gasteiger partial charge in [0.2, 0.25) is 0 Å².